The highest BCUT2D eigenvalue weighted by molar-refractivity contribution is 7.09. The maximum atomic E-state index is 12.8. The van der Waals surface area contributed by atoms with Crippen LogP contribution in [0.5, 0.6) is 0 Å². The number of benzene rings is 2. The number of aryl methyl sites for hydroxylation is 4. The van der Waals surface area contributed by atoms with Crippen LogP contribution in [-0.2, 0) is 26.4 Å². The summed E-state index contributed by atoms with van der Waals surface area (Å²) in [5.74, 6) is -0.744. The first-order valence-electron chi connectivity index (χ1n) is 11.9. The van der Waals surface area contributed by atoms with Crippen molar-refractivity contribution in [3.05, 3.63) is 99.3 Å². The molecular weight excluding hydrogens is 484 g/mol. The molecule has 0 bridgehead atoms. The van der Waals surface area contributed by atoms with Crippen molar-refractivity contribution in [1.82, 2.24) is 25.1 Å². The third kappa shape index (κ3) is 5.41. The molecule has 0 fully saturated rings. The van der Waals surface area contributed by atoms with Crippen molar-refractivity contribution in [3.8, 4) is 11.3 Å². The molecule has 186 valence electrons. The highest BCUT2D eigenvalue weighted by Crippen LogP contribution is 2.26. The van der Waals surface area contributed by atoms with E-state index in [-0.39, 0.29) is 5.91 Å². The van der Waals surface area contributed by atoms with Crippen LogP contribution in [0.2, 0.25) is 0 Å². The van der Waals surface area contributed by atoms with E-state index in [9.17, 15) is 9.59 Å². The predicted molar refractivity (Wildman–Crippen MR) is 144 cm³/mol. The van der Waals surface area contributed by atoms with Gasteiger partial charge in [-0.2, -0.15) is 5.10 Å². The number of thiazole rings is 1. The number of fused-ring (bicyclic) bond motifs is 1. The highest BCUT2D eigenvalue weighted by Gasteiger charge is 2.15. The second kappa shape index (κ2) is 10.3. The summed E-state index contributed by atoms with van der Waals surface area (Å²) in [5.41, 5.74) is 11.9. The van der Waals surface area contributed by atoms with Gasteiger partial charge in [-0.15, -0.1) is 11.3 Å². The molecule has 0 spiro atoms. The topological polar surface area (TPSA) is 116 Å². The van der Waals surface area contributed by atoms with Gasteiger partial charge in [0.15, 0.2) is 0 Å². The van der Waals surface area contributed by atoms with E-state index in [4.69, 9.17) is 10.7 Å². The Bertz CT molecular complexity index is 1620. The lowest BCUT2D eigenvalue weighted by molar-refractivity contribution is 0.0947. The number of pyridine rings is 1. The molecule has 0 aliphatic heterocycles. The molecule has 0 aliphatic carbocycles. The lowest BCUT2D eigenvalue weighted by Crippen LogP contribution is -2.24. The molecule has 5 aromatic rings. The molecule has 0 saturated heterocycles. The number of para-hydroxylation sites is 1. The molecule has 0 radical (unpaired) electrons. The van der Waals surface area contributed by atoms with E-state index in [0.717, 1.165) is 44.0 Å². The van der Waals surface area contributed by atoms with Crippen molar-refractivity contribution in [2.45, 2.75) is 26.3 Å². The molecule has 3 N–H and O–H groups in total. The summed E-state index contributed by atoms with van der Waals surface area (Å²) in [6, 6.07) is 15.1. The number of nitrogens with zero attached hydrogens (tertiary/aromatic N) is 4. The number of nitrogens with one attached hydrogen (secondary N) is 1. The van der Waals surface area contributed by atoms with Crippen LogP contribution in [0.1, 0.15) is 42.5 Å². The third-order valence-electron chi connectivity index (χ3n) is 6.20. The van der Waals surface area contributed by atoms with Gasteiger partial charge in [-0.3, -0.25) is 14.3 Å². The van der Waals surface area contributed by atoms with Crippen molar-refractivity contribution in [2.24, 2.45) is 12.8 Å². The quantitative estimate of drug-likeness (QED) is 0.324. The molecule has 2 aromatic carbocycles. The molecular formula is C28H26N6O2S. The molecule has 8 nitrogen and oxygen atoms in total. The van der Waals surface area contributed by atoms with E-state index >= 15 is 0 Å². The maximum Gasteiger partial charge on any atom is 0.251 e. The summed E-state index contributed by atoms with van der Waals surface area (Å²) >= 11 is 1.54. The van der Waals surface area contributed by atoms with Gasteiger partial charge >= 0.3 is 0 Å². The third-order valence-corrected chi connectivity index (χ3v) is 7.02. The van der Waals surface area contributed by atoms with Gasteiger partial charge in [-0.1, -0.05) is 18.2 Å². The van der Waals surface area contributed by atoms with Gasteiger partial charge in [0.05, 0.1) is 34.7 Å². The second-order valence-corrected chi connectivity index (χ2v) is 9.93. The Kier molecular flexibility index (Phi) is 6.78. The second-order valence-electron chi connectivity index (χ2n) is 8.86. The fourth-order valence-electron chi connectivity index (χ4n) is 4.37. The highest BCUT2D eigenvalue weighted by atomic mass is 32.1. The van der Waals surface area contributed by atoms with Crippen molar-refractivity contribution in [3.63, 3.8) is 0 Å². The minimum Gasteiger partial charge on any atom is -0.366 e. The monoisotopic (exact) mass is 510 g/mol. The van der Waals surface area contributed by atoms with Gasteiger partial charge in [0, 0.05) is 40.7 Å². The summed E-state index contributed by atoms with van der Waals surface area (Å²) in [6.45, 7) is 2.27. The van der Waals surface area contributed by atoms with Crippen LogP contribution in [0.3, 0.4) is 0 Å². The average Bonchev–Trinajstić information content (AvgIpc) is 3.53. The van der Waals surface area contributed by atoms with Crippen LogP contribution in [0.4, 0.5) is 0 Å². The van der Waals surface area contributed by atoms with Crippen molar-refractivity contribution < 1.29 is 9.59 Å². The minimum absolute atomic E-state index is 0.226. The molecule has 3 aromatic heterocycles. The van der Waals surface area contributed by atoms with Crippen LogP contribution >= 0.6 is 11.3 Å². The Morgan fingerprint density at radius 3 is 2.59 bits per heavy atom. The van der Waals surface area contributed by atoms with Crippen LogP contribution < -0.4 is 11.1 Å². The number of carbonyl (C=O) groups is 2. The molecule has 0 unspecified atom stereocenters. The van der Waals surface area contributed by atoms with Gasteiger partial charge in [-0.25, -0.2) is 9.97 Å². The molecule has 0 atom stereocenters. The summed E-state index contributed by atoms with van der Waals surface area (Å²) in [6.07, 6.45) is 4.90. The normalized spacial score (nSPS) is 11.1. The Hall–Kier alpha value is -4.37. The van der Waals surface area contributed by atoms with E-state index in [1.165, 1.54) is 0 Å². The zero-order valence-electron chi connectivity index (χ0n) is 20.6. The SMILES string of the molecule is Cc1nc(CNC(=O)c2ccc(C(N)=O)c(CCc3cc(-c4cnn(C)c4)nc4ccccc34)c2)cs1. The summed E-state index contributed by atoms with van der Waals surface area (Å²) < 4.78 is 1.75. The zero-order valence-corrected chi connectivity index (χ0v) is 21.4. The minimum atomic E-state index is -0.518. The van der Waals surface area contributed by atoms with Gasteiger partial charge in [0.2, 0.25) is 5.91 Å². The summed E-state index contributed by atoms with van der Waals surface area (Å²) in [7, 11) is 1.87. The molecule has 9 heteroatoms. The first-order valence-corrected chi connectivity index (χ1v) is 12.7. The number of carbonyl (C=O) groups excluding carboxylic acids is 2. The predicted octanol–water partition coefficient (Wildman–Crippen LogP) is 4.21. The number of nitrogens with two attached hydrogens (primary N) is 1. The lowest BCUT2D eigenvalue weighted by Gasteiger charge is -2.12. The summed E-state index contributed by atoms with van der Waals surface area (Å²) in [5, 5.41) is 11.1. The van der Waals surface area contributed by atoms with Crippen LogP contribution in [0, 0.1) is 6.92 Å². The Morgan fingerprint density at radius 2 is 1.86 bits per heavy atom. The van der Waals surface area contributed by atoms with Gasteiger partial charge in [-0.05, 0) is 61.2 Å². The van der Waals surface area contributed by atoms with Crippen molar-refractivity contribution in [2.75, 3.05) is 0 Å². The average molecular weight is 511 g/mol. The molecule has 0 aliphatic rings. The smallest absolute Gasteiger partial charge is 0.251 e. The zero-order chi connectivity index (χ0) is 25.9. The number of hydrogen-bond donors (Lipinski definition) is 2. The largest absolute Gasteiger partial charge is 0.366 e. The van der Waals surface area contributed by atoms with Crippen LogP contribution in [0.25, 0.3) is 22.2 Å². The van der Waals surface area contributed by atoms with E-state index in [1.54, 1.807) is 40.4 Å². The maximum absolute atomic E-state index is 12.8. The number of aromatic nitrogens is 4. The van der Waals surface area contributed by atoms with Gasteiger partial charge in [0.1, 0.15) is 0 Å². The number of hydrogen-bond acceptors (Lipinski definition) is 6. The number of amides is 2. The standard InChI is InChI=1S/C28H26N6O2S/c1-17-32-22(16-37-17)14-30-28(36)20-9-10-24(27(29)35)18(11-20)7-8-19-12-26(21-13-31-34(2)15-21)33-25-6-4-3-5-23(19)25/h3-6,9-13,15-16H,7-8,14H2,1-2H3,(H2,29,35)(H,30,36). The molecule has 2 amide bonds. The Morgan fingerprint density at radius 1 is 1.05 bits per heavy atom. The molecule has 3 heterocycles. The van der Waals surface area contributed by atoms with E-state index in [1.807, 2.05) is 49.8 Å². The lowest BCUT2D eigenvalue weighted by atomic mass is 9.95. The fraction of sp³-hybridized carbons (Fsp3) is 0.179. The van der Waals surface area contributed by atoms with E-state index < -0.39 is 5.91 Å². The fourth-order valence-corrected chi connectivity index (χ4v) is 4.98. The van der Waals surface area contributed by atoms with Gasteiger partial charge < -0.3 is 11.1 Å². The molecule has 5 rings (SSSR count). The molecule has 37 heavy (non-hydrogen) atoms. The van der Waals surface area contributed by atoms with E-state index in [0.29, 0.717) is 30.5 Å². The first kappa shape index (κ1) is 24.3. The van der Waals surface area contributed by atoms with E-state index in [2.05, 4.69) is 21.5 Å². The molecule has 0 saturated carbocycles. The number of rotatable bonds is 8. The Labute approximate surface area is 218 Å². The van der Waals surface area contributed by atoms with Gasteiger partial charge in [0.25, 0.3) is 5.91 Å². The first-order chi connectivity index (χ1) is 17.9. The van der Waals surface area contributed by atoms with Crippen LogP contribution in [-0.4, -0.2) is 31.6 Å². The Balaban J connectivity index is 1.42. The number of primary amides is 1. The van der Waals surface area contributed by atoms with Crippen molar-refractivity contribution >= 4 is 34.1 Å². The van der Waals surface area contributed by atoms with Crippen LogP contribution in [0.15, 0.2) is 66.3 Å². The van der Waals surface area contributed by atoms with Crippen molar-refractivity contribution in [1.29, 1.82) is 0 Å². The summed E-state index contributed by atoms with van der Waals surface area (Å²) in [4.78, 5) is 34.2.